The fourth-order valence-electron chi connectivity index (χ4n) is 5.25. The van der Waals surface area contributed by atoms with Crippen molar-refractivity contribution in [1.82, 2.24) is 40.4 Å². The van der Waals surface area contributed by atoms with Crippen molar-refractivity contribution in [2.75, 3.05) is 11.1 Å². The summed E-state index contributed by atoms with van der Waals surface area (Å²) >= 11 is 0. The number of carbonyl (C=O) groups excluding carboxylic acids is 1. The Labute approximate surface area is 230 Å². The maximum Gasteiger partial charge on any atom is 0.240 e. The average molecular weight is 551 g/mol. The van der Waals surface area contributed by atoms with Crippen LogP contribution in [0.1, 0.15) is 23.6 Å². The summed E-state index contributed by atoms with van der Waals surface area (Å²) < 4.78 is 30.2. The molecule has 3 aromatic carbocycles. The molecule has 0 saturated carbocycles. The average Bonchev–Trinajstić information content (AvgIpc) is 3.68. The summed E-state index contributed by atoms with van der Waals surface area (Å²) in [6, 6.07) is 17.7. The van der Waals surface area contributed by atoms with Crippen LogP contribution >= 0.6 is 0 Å². The molecule has 0 spiro atoms. The molecule has 1 amide bonds. The molecule has 1 aliphatic rings. The number of aromatic amines is 1. The lowest BCUT2D eigenvalue weighted by Crippen LogP contribution is -2.32. The van der Waals surface area contributed by atoms with Gasteiger partial charge in [-0.05, 0) is 47.2 Å². The number of nitrogen functional groups attached to an aromatic ring is 1. The van der Waals surface area contributed by atoms with Gasteiger partial charge in [-0.2, -0.15) is 5.10 Å². The first kappa shape index (κ1) is 24.5. The number of rotatable bonds is 5. The van der Waals surface area contributed by atoms with Crippen molar-refractivity contribution >= 4 is 28.4 Å². The highest BCUT2D eigenvalue weighted by atomic mass is 19.1. The van der Waals surface area contributed by atoms with E-state index >= 15 is 0 Å². The number of nitrogens with zero attached hydrogens (tertiary/aromatic N) is 7. The van der Waals surface area contributed by atoms with Crippen LogP contribution in [-0.4, -0.2) is 46.3 Å². The Morgan fingerprint density at radius 2 is 1.83 bits per heavy atom. The van der Waals surface area contributed by atoms with E-state index in [0.29, 0.717) is 39.1 Å². The maximum atomic E-state index is 14.4. The molecule has 13 heteroatoms. The third kappa shape index (κ3) is 3.81. The van der Waals surface area contributed by atoms with Crippen LogP contribution in [0.3, 0.4) is 0 Å². The molecule has 4 heterocycles. The Bertz CT molecular complexity index is 1970. The van der Waals surface area contributed by atoms with Crippen molar-refractivity contribution in [3.05, 3.63) is 95.1 Å². The van der Waals surface area contributed by atoms with Crippen molar-refractivity contribution in [2.24, 2.45) is 0 Å². The Balaban J connectivity index is 1.32. The summed E-state index contributed by atoms with van der Waals surface area (Å²) in [5, 5.41) is 21.8. The monoisotopic (exact) mass is 550 g/mol. The molecule has 7 rings (SSSR count). The molecule has 0 radical (unpaired) electrons. The molecule has 1 unspecified atom stereocenters. The van der Waals surface area contributed by atoms with Gasteiger partial charge in [0.25, 0.3) is 0 Å². The fraction of sp³-hybridized carbons (Fsp3) is 0.107. The summed E-state index contributed by atoms with van der Waals surface area (Å²) in [4.78, 5) is 22.6. The summed E-state index contributed by atoms with van der Waals surface area (Å²) in [5.41, 5.74) is 8.30. The van der Waals surface area contributed by atoms with Crippen LogP contribution in [0, 0.1) is 11.6 Å². The van der Waals surface area contributed by atoms with Crippen molar-refractivity contribution in [1.29, 1.82) is 0 Å². The molecular formula is C28H20F2N10O. The first-order valence-corrected chi connectivity index (χ1v) is 12.6. The number of nitrogens with one attached hydrogen (secondary N) is 2. The van der Waals surface area contributed by atoms with Gasteiger partial charge in [-0.3, -0.25) is 9.48 Å². The number of aromatic nitrogens is 8. The summed E-state index contributed by atoms with van der Waals surface area (Å²) in [6.07, 6.45) is 0. The first-order chi connectivity index (χ1) is 19.8. The Hall–Kier alpha value is -5.59. The van der Waals surface area contributed by atoms with Gasteiger partial charge in [0, 0.05) is 16.5 Å². The molecule has 4 N–H and O–H groups in total. The molecule has 0 saturated heterocycles. The SMILES string of the molecule is CC1(c2ccc(-c3nnn[nH]3)cc2)C(=O)Nc2nc(-c3nn(Cc4ccccc4F)c4cc(F)ccc34)nc(N)c21. The van der Waals surface area contributed by atoms with E-state index in [4.69, 9.17) is 5.73 Å². The third-order valence-corrected chi connectivity index (χ3v) is 7.41. The lowest BCUT2D eigenvalue weighted by atomic mass is 9.77. The maximum absolute atomic E-state index is 14.4. The third-order valence-electron chi connectivity index (χ3n) is 7.41. The molecule has 41 heavy (non-hydrogen) atoms. The normalized spacial score (nSPS) is 16.2. The van der Waals surface area contributed by atoms with Crippen molar-refractivity contribution in [3.63, 3.8) is 0 Å². The number of H-pyrrole nitrogens is 1. The van der Waals surface area contributed by atoms with Gasteiger partial charge in [0.15, 0.2) is 11.6 Å². The number of carbonyl (C=O) groups is 1. The minimum atomic E-state index is -1.18. The Morgan fingerprint density at radius 3 is 2.59 bits per heavy atom. The first-order valence-electron chi connectivity index (χ1n) is 12.6. The molecule has 202 valence electrons. The number of halogens is 2. The van der Waals surface area contributed by atoms with Gasteiger partial charge in [0.1, 0.15) is 34.4 Å². The molecule has 3 aromatic heterocycles. The number of hydrogen-bond acceptors (Lipinski definition) is 8. The number of nitrogens with two attached hydrogens (primary N) is 1. The van der Waals surface area contributed by atoms with Crippen LogP contribution in [0.25, 0.3) is 33.8 Å². The predicted octanol–water partition coefficient (Wildman–Crippen LogP) is 3.84. The lowest BCUT2D eigenvalue weighted by Gasteiger charge is -2.23. The van der Waals surface area contributed by atoms with E-state index in [9.17, 15) is 13.6 Å². The topological polar surface area (TPSA) is 153 Å². The van der Waals surface area contributed by atoms with Gasteiger partial charge < -0.3 is 11.1 Å². The summed E-state index contributed by atoms with van der Waals surface area (Å²) in [6.45, 7) is 1.81. The number of tetrazole rings is 1. The van der Waals surface area contributed by atoms with Crippen molar-refractivity contribution in [3.8, 4) is 22.9 Å². The van der Waals surface area contributed by atoms with Crippen LogP contribution in [0.5, 0.6) is 0 Å². The smallest absolute Gasteiger partial charge is 0.240 e. The van der Waals surface area contributed by atoms with Crippen molar-refractivity contribution < 1.29 is 13.6 Å². The molecule has 0 bridgehead atoms. The number of amides is 1. The number of benzene rings is 3. The number of hydrogen-bond donors (Lipinski definition) is 3. The minimum absolute atomic E-state index is 0.0575. The van der Waals surface area contributed by atoms with Crippen LogP contribution in [0.4, 0.5) is 20.4 Å². The van der Waals surface area contributed by atoms with Crippen LogP contribution in [0.2, 0.25) is 0 Å². The highest BCUT2D eigenvalue weighted by Gasteiger charge is 2.47. The molecule has 1 aliphatic heterocycles. The zero-order chi connectivity index (χ0) is 28.3. The highest BCUT2D eigenvalue weighted by Crippen LogP contribution is 2.45. The Morgan fingerprint density at radius 1 is 1.02 bits per heavy atom. The zero-order valence-corrected chi connectivity index (χ0v) is 21.4. The van der Waals surface area contributed by atoms with E-state index in [0.717, 1.165) is 5.56 Å². The van der Waals surface area contributed by atoms with E-state index in [1.165, 1.54) is 22.9 Å². The van der Waals surface area contributed by atoms with Gasteiger partial charge in [0.2, 0.25) is 5.91 Å². The molecule has 11 nitrogen and oxygen atoms in total. The van der Waals surface area contributed by atoms with E-state index in [1.54, 1.807) is 55.5 Å². The van der Waals surface area contributed by atoms with E-state index in [2.05, 4.69) is 41.0 Å². The summed E-state index contributed by atoms with van der Waals surface area (Å²) in [7, 11) is 0. The predicted molar refractivity (Wildman–Crippen MR) is 145 cm³/mol. The standard InChI is InChI=1S/C28H20F2N10O/c1-28(16-8-6-14(7-9-16)24-35-38-39-36-24)21-23(31)32-26(33-25(21)34-27(28)41)22-18-11-10-17(29)12-20(18)40(37-22)13-15-4-2-3-5-19(15)30/h2-12H,13H2,1H3,(H,35,36,38,39)(H3,31,32,33,34,41). The van der Waals surface area contributed by atoms with E-state index < -0.39 is 17.0 Å². The van der Waals surface area contributed by atoms with E-state index in [1.807, 2.05) is 0 Å². The van der Waals surface area contributed by atoms with Gasteiger partial charge in [-0.25, -0.2) is 23.8 Å². The fourth-order valence-corrected chi connectivity index (χ4v) is 5.25. The minimum Gasteiger partial charge on any atom is -0.383 e. The second-order valence-corrected chi connectivity index (χ2v) is 9.82. The quantitative estimate of drug-likeness (QED) is 0.293. The Kier molecular flexibility index (Phi) is 5.35. The van der Waals surface area contributed by atoms with E-state index in [-0.39, 0.29) is 29.9 Å². The zero-order valence-electron chi connectivity index (χ0n) is 21.4. The molecule has 1 atom stereocenters. The van der Waals surface area contributed by atoms with Crippen molar-refractivity contribution in [2.45, 2.75) is 18.9 Å². The van der Waals surface area contributed by atoms with Crippen LogP contribution < -0.4 is 11.1 Å². The number of fused-ring (bicyclic) bond motifs is 2. The van der Waals surface area contributed by atoms with Gasteiger partial charge in [-0.15, -0.1) is 5.10 Å². The largest absolute Gasteiger partial charge is 0.383 e. The molecule has 0 aliphatic carbocycles. The van der Waals surface area contributed by atoms with Gasteiger partial charge >= 0.3 is 0 Å². The second-order valence-electron chi connectivity index (χ2n) is 9.82. The highest BCUT2D eigenvalue weighted by molar-refractivity contribution is 6.09. The van der Waals surface area contributed by atoms with Gasteiger partial charge in [-0.1, -0.05) is 42.5 Å². The second kappa shape index (κ2) is 8.98. The molecule has 6 aromatic rings. The van der Waals surface area contributed by atoms with Crippen LogP contribution in [-0.2, 0) is 16.8 Å². The lowest BCUT2D eigenvalue weighted by molar-refractivity contribution is -0.119. The summed E-state index contributed by atoms with van der Waals surface area (Å²) in [5.74, 6) is -0.219. The molecule has 0 fully saturated rings. The van der Waals surface area contributed by atoms with Crippen LogP contribution in [0.15, 0.2) is 66.7 Å². The van der Waals surface area contributed by atoms with Gasteiger partial charge in [0.05, 0.1) is 17.6 Å². The molecular weight excluding hydrogens is 530 g/mol. The number of anilines is 2.